The van der Waals surface area contributed by atoms with Crippen LogP contribution in [0.1, 0.15) is 25.7 Å². The molecular formula is C11H14O. The van der Waals surface area contributed by atoms with Crippen LogP contribution in [0, 0.1) is 23.7 Å². The van der Waals surface area contributed by atoms with Gasteiger partial charge in [-0.1, -0.05) is 6.08 Å². The third-order valence-electron chi connectivity index (χ3n) is 4.09. The topological polar surface area (TPSA) is 17.1 Å². The summed E-state index contributed by atoms with van der Waals surface area (Å²) in [6.45, 7) is 0. The number of allylic oxidation sites excluding steroid dienone is 2. The maximum atomic E-state index is 11.5. The monoisotopic (exact) mass is 162 g/mol. The van der Waals surface area contributed by atoms with E-state index in [0.29, 0.717) is 17.6 Å². The Morgan fingerprint density at radius 2 is 1.75 bits per heavy atom. The van der Waals surface area contributed by atoms with Crippen molar-refractivity contribution in [3.8, 4) is 0 Å². The maximum absolute atomic E-state index is 11.5. The summed E-state index contributed by atoms with van der Waals surface area (Å²) >= 11 is 0. The van der Waals surface area contributed by atoms with Crippen molar-refractivity contribution in [1.82, 2.24) is 0 Å². The molecule has 2 bridgehead atoms. The largest absolute Gasteiger partial charge is 0.295 e. The molecule has 0 amide bonds. The molecule has 0 aliphatic heterocycles. The molecule has 0 spiro atoms. The normalized spacial score (nSPS) is 49.8. The van der Waals surface area contributed by atoms with Crippen molar-refractivity contribution in [1.29, 1.82) is 0 Å². The Kier molecular flexibility index (Phi) is 1.27. The number of carbonyl (C=O) groups excluding carboxylic acids is 1. The first kappa shape index (κ1) is 6.88. The molecule has 3 saturated carbocycles. The number of carbonyl (C=O) groups is 1. The van der Waals surface area contributed by atoms with Crippen LogP contribution < -0.4 is 0 Å². The van der Waals surface area contributed by atoms with Gasteiger partial charge in [-0.2, -0.15) is 0 Å². The van der Waals surface area contributed by atoms with E-state index in [0.717, 1.165) is 11.8 Å². The van der Waals surface area contributed by atoms with E-state index < -0.39 is 0 Å². The minimum absolute atomic E-state index is 0.414. The van der Waals surface area contributed by atoms with Crippen molar-refractivity contribution in [2.45, 2.75) is 25.7 Å². The molecule has 12 heavy (non-hydrogen) atoms. The quantitative estimate of drug-likeness (QED) is 0.533. The van der Waals surface area contributed by atoms with E-state index >= 15 is 0 Å². The summed E-state index contributed by atoms with van der Waals surface area (Å²) in [5.41, 5.74) is 0. The molecule has 0 radical (unpaired) electrons. The predicted molar refractivity (Wildman–Crippen MR) is 46.6 cm³/mol. The van der Waals surface area contributed by atoms with Crippen molar-refractivity contribution in [2.75, 3.05) is 0 Å². The maximum Gasteiger partial charge on any atom is 0.159 e. The average molecular weight is 162 g/mol. The summed E-state index contributed by atoms with van der Waals surface area (Å²) in [5.74, 6) is 3.07. The lowest BCUT2D eigenvalue weighted by atomic mass is 9.59. The van der Waals surface area contributed by atoms with Gasteiger partial charge in [-0.05, 0) is 49.5 Å². The molecule has 0 saturated heterocycles. The molecule has 2 atom stereocenters. The highest BCUT2D eigenvalue weighted by molar-refractivity contribution is 5.95. The highest BCUT2D eigenvalue weighted by Gasteiger charge is 2.47. The third-order valence-corrected chi connectivity index (χ3v) is 4.09. The molecule has 3 fully saturated rings. The van der Waals surface area contributed by atoms with Crippen molar-refractivity contribution in [2.24, 2.45) is 23.7 Å². The van der Waals surface area contributed by atoms with Crippen LogP contribution in [0.25, 0.3) is 0 Å². The summed E-state index contributed by atoms with van der Waals surface area (Å²) in [6.07, 6.45) is 9.42. The zero-order valence-electron chi connectivity index (χ0n) is 7.20. The smallest absolute Gasteiger partial charge is 0.159 e. The van der Waals surface area contributed by atoms with E-state index in [-0.39, 0.29) is 0 Å². The molecule has 64 valence electrons. The van der Waals surface area contributed by atoms with E-state index in [1.807, 2.05) is 6.08 Å². The van der Waals surface area contributed by atoms with Crippen LogP contribution >= 0.6 is 0 Å². The van der Waals surface area contributed by atoms with Crippen LogP contribution in [0.4, 0.5) is 0 Å². The fraction of sp³-hybridized carbons (Fsp3) is 0.727. The first-order valence-corrected chi connectivity index (χ1v) is 5.08. The molecule has 1 heteroatoms. The molecule has 0 aromatic heterocycles. The fourth-order valence-corrected chi connectivity index (χ4v) is 3.51. The summed E-state index contributed by atoms with van der Waals surface area (Å²) in [5, 5.41) is 0. The van der Waals surface area contributed by atoms with Crippen LogP contribution in [-0.4, -0.2) is 5.78 Å². The van der Waals surface area contributed by atoms with Gasteiger partial charge in [0.25, 0.3) is 0 Å². The second kappa shape index (κ2) is 2.21. The Labute approximate surface area is 72.8 Å². The zero-order chi connectivity index (χ0) is 8.13. The Morgan fingerprint density at radius 3 is 2.42 bits per heavy atom. The first-order valence-electron chi connectivity index (χ1n) is 5.08. The standard InChI is InChI=1S/C11H14O/c12-10-6-5-9-7-1-3-8(4-2-7)11(9)10/h5-9,11H,1-4H2. The second-order valence-electron chi connectivity index (χ2n) is 4.54. The Balaban J connectivity index is 1.98. The molecule has 4 rings (SSSR count). The third kappa shape index (κ3) is 0.720. The van der Waals surface area contributed by atoms with Crippen LogP contribution in [0.5, 0.6) is 0 Å². The number of rotatable bonds is 0. The van der Waals surface area contributed by atoms with Crippen molar-refractivity contribution in [3.63, 3.8) is 0 Å². The molecule has 0 aromatic rings. The second-order valence-corrected chi connectivity index (χ2v) is 4.54. The molecule has 0 aromatic carbocycles. The number of hydrogen-bond acceptors (Lipinski definition) is 1. The zero-order valence-corrected chi connectivity index (χ0v) is 7.20. The van der Waals surface area contributed by atoms with Gasteiger partial charge in [0.2, 0.25) is 0 Å². The minimum Gasteiger partial charge on any atom is -0.295 e. The summed E-state index contributed by atoms with van der Waals surface area (Å²) in [7, 11) is 0. The highest BCUT2D eigenvalue weighted by Crippen LogP contribution is 2.51. The average Bonchev–Trinajstić information content (AvgIpc) is 2.53. The minimum atomic E-state index is 0.414. The van der Waals surface area contributed by atoms with Gasteiger partial charge < -0.3 is 0 Å². The van der Waals surface area contributed by atoms with E-state index in [4.69, 9.17) is 0 Å². The first-order chi connectivity index (χ1) is 5.86. The van der Waals surface area contributed by atoms with Gasteiger partial charge in [0, 0.05) is 5.92 Å². The molecule has 2 unspecified atom stereocenters. The molecule has 0 heterocycles. The SMILES string of the molecule is O=C1C=CC2C3CCC(CC3)C12. The van der Waals surface area contributed by atoms with Crippen LogP contribution in [-0.2, 0) is 4.79 Å². The molecule has 4 aliphatic carbocycles. The molecule has 4 aliphatic rings. The Hall–Kier alpha value is -0.590. The van der Waals surface area contributed by atoms with Crippen molar-refractivity contribution < 1.29 is 4.79 Å². The number of hydrogen-bond donors (Lipinski definition) is 0. The van der Waals surface area contributed by atoms with Gasteiger partial charge in [0.1, 0.15) is 0 Å². The predicted octanol–water partition coefficient (Wildman–Crippen LogP) is 2.18. The van der Waals surface area contributed by atoms with Crippen LogP contribution in [0.15, 0.2) is 12.2 Å². The lowest BCUT2D eigenvalue weighted by Crippen LogP contribution is -2.39. The fourth-order valence-electron chi connectivity index (χ4n) is 3.51. The van der Waals surface area contributed by atoms with Crippen molar-refractivity contribution in [3.05, 3.63) is 12.2 Å². The number of ketones is 1. The van der Waals surface area contributed by atoms with Gasteiger partial charge in [0.15, 0.2) is 5.78 Å². The summed E-state index contributed by atoms with van der Waals surface area (Å²) < 4.78 is 0. The Morgan fingerprint density at radius 1 is 1.08 bits per heavy atom. The Bertz CT molecular complexity index is 246. The van der Waals surface area contributed by atoms with Crippen LogP contribution in [0.3, 0.4) is 0 Å². The van der Waals surface area contributed by atoms with E-state index in [2.05, 4.69) is 6.08 Å². The van der Waals surface area contributed by atoms with E-state index in [9.17, 15) is 4.79 Å². The molecule has 0 N–H and O–H groups in total. The molecule has 1 nitrogen and oxygen atoms in total. The highest BCUT2D eigenvalue weighted by atomic mass is 16.1. The van der Waals surface area contributed by atoms with Crippen LogP contribution in [0.2, 0.25) is 0 Å². The van der Waals surface area contributed by atoms with Gasteiger partial charge in [-0.25, -0.2) is 0 Å². The van der Waals surface area contributed by atoms with E-state index in [1.165, 1.54) is 25.7 Å². The van der Waals surface area contributed by atoms with Crippen molar-refractivity contribution >= 4 is 5.78 Å². The number of fused-ring (bicyclic) bond motifs is 2. The molecular weight excluding hydrogens is 148 g/mol. The van der Waals surface area contributed by atoms with Gasteiger partial charge in [-0.3, -0.25) is 4.79 Å². The van der Waals surface area contributed by atoms with Gasteiger partial charge >= 0.3 is 0 Å². The summed E-state index contributed by atoms with van der Waals surface area (Å²) in [6, 6.07) is 0. The van der Waals surface area contributed by atoms with E-state index in [1.54, 1.807) is 0 Å². The van der Waals surface area contributed by atoms with Gasteiger partial charge in [0.05, 0.1) is 0 Å². The van der Waals surface area contributed by atoms with Gasteiger partial charge in [-0.15, -0.1) is 0 Å². The lowest BCUT2D eigenvalue weighted by molar-refractivity contribution is -0.123. The summed E-state index contributed by atoms with van der Waals surface area (Å²) in [4.78, 5) is 11.5. The lowest BCUT2D eigenvalue weighted by Gasteiger charge is -2.44.